The third-order valence-electron chi connectivity index (χ3n) is 4.14. The Balaban J connectivity index is 2.72. The van der Waals surface area contributed by atoms with Crippen LogP contribution in [0.15, 0.2) is 0 Å². The summed E-state index contributed by atoms with van der Waals surface area (Å²) in [6.45, 7) is 10.00. The number of rotatable bonds is 6. The molecule has 1 amide bonds. The Morgan fingerprint density at radius 3 is 2.00 bits per heavy atom. The van der Waals surface area contributed by atoms with Crippen LogP contribution in [0.1, 0.15) is 53.4 Å². The van der Waals surface area contributed by atoms with Crippen molar-refractivity contribution in [3.8, 4) is 0 Å². The first-order valence-corrected chi connectivity index (χ1v) is 7.71. The fourth-order valence-electron chi connectivity index (χ4n) is 3.47. The van der Waals surface area contributed by atoms with E-state index in [2.05, 4.69) is 32.6 Å². The van der Waals surface area contributed by atoms with E-state index in [4.69, 9.17) is 5.11 Å². The molecule has 2 atom stereocenters. The van der Waals surface area contributed by atoms with Crippen LogP contribution < -0.4 is 0 Å². The lowest BCUT2D eigenvalue weighted by Crippen LogP contribution is -2.61. The summed E-state index contributed by atoms with van der Waals surface area (Å²) in [5.74, 6) is -0.138. The van der Waals surface area contributed by atoms with Gasteiger partial charge in [0.25, 0.3) is 0 Å². The molecule has 112 valence electrons. The minimum Gasteiger partial charge on any atom is -0.387 e. The van der Waals surface area contributed by atoms with Crippen LogP contribution in [0.2, 0.25) is 0 Å². The van der Waals surface area contributed by atoms with E-state index < -0.39 is 0 Å². The van der Waals surface area contributed by atoms with Gasteiger partial charge in [-0.1, -0.05) is 26.7 Å². The monoisotopic (exact) mass is 270 g/mol. The van der Waals surface area contributed by atoms with E-state index in [0.29, 0.717) is 18.1 Å². The van der Waals surface area contributed by atoms with Crippen LogP contribution in [0.25, 0.3) is 0 Å². The second-order valence-corrected chi connectivity index (χ2v) is 5.83. The van der Waals surface area contributed by atoms with Gasteiger partial charge in [0, 0.05) is 31.2 Å². The van der Waals surface area contributed by atoms with Crippen molar-refractivity contribution in [1.82, 2.24) is 9.80 Å². The quantitative estimate of drug-likeness (QED) is 0.801. The second-order valence-electron chi connectivity index (χ2n) is 5.83. The number of nitrogens with zero attached hydrogens (tertiary/aromatic N) is 2. The molecule has 0 bridgehead atoms. The maximum atomic E-state index is 11.6. The first-order valence-electron chi connectivity index (χ1n) is 7.71. The molecule has 4 nitrogen and oxygen atoms in total. The molecule has 1 aliphatic heterocycles. The third-order valence-corrected chi connectivity index (χ3v) is 4.14. The number of amides is 1. The Morgan fingerprint density at radius 2 is 1.63 bits per heavy atom. The average Bonchev–Trinajstić information content (AvgIpc) is 2.37. The molecule has 0 saturated carbocycles. The largest absolute Gasteiger partial charge is 0.387 e. The molecule has 1 fully saturated rings. The van der Waals surface area contributed by atoms with Gasteiger partial charge < -0.3 is 10.0 Å². The summed E-state index contributed by atoms with van der Waals surface area (Å²) in [6.07, 6.45) is 4.88. The zero-order valence-corrected chi connectivity index (χ0v) is 12.9. The van der Waals surface area contributed by atoms with Crippen LogP contribution in [0.4, 0.5) is 0 Å². The van der Waals surface area contributed by atoms with E-state index in [1.54, 1.807) is 4.90 Å². The van der Waals surface area contributed by atoms with E-state index in [1.165, 1.54) is 25.7 Å². The molecule has 1 saturated heterocycles. The summed E-state index contributed by atoms with van der Waals surface area (Å²) < 4.78 is 0. The number of carbonyl (C=O) groups is 1. The number of aliphatic hydroxyl groups excluding tert-OH is 1. The first kappa shape index (κ1) is 16.4. The summed E-state index contributed by atoms with van der Waals surface area (Å²) in [6, 6.07) is 1.39. The van der Waals surface area contributed by atoms with Crippen molar-refractivity contribution in [3.05, 3.63) is 0 Å². The van der Waals surface area contributed by atoms with Gasteiger partial charge in [-0.3, -0.25) is 9.69 Å². The van der Waals surface area contributed by atoms with Gasteiger partial charge in [-0.15, -0.1) is 0 Å². The van der Waals surface area contributed by atoms with Crippen molar-refractivity contribution in [2.24, 2.45) is 0 Å². The molecule has 0 aromatic rings. The first-order chi connectivity index (χ1) is 9.04. The average molecular weight is 270 g/mol. The minimum atomic E-state index is -0.368. The van der Waals surface area contributed by atoms with Crippen molar-refractivity contribution < 1.29 is 9.90 Å². The molecule has 1 heterocycles. The maximum absolute atomic E-state index is 11.6. The number of piperazine rings is 1. The van der Waals surface area contributed by atoms with E-state index in [0.717, 1.165) is 13.1 Å². The smallest absolute Gasteiger partial charge is 0.248 e. The van der Waals surface area contributed by atoms with Crippen LogP contribution in [-0.4, -0.2) is 58.6 Å². The van der Waals surface area contributed by atoms with Crippen LogP contribution in [0, 0.1) is 0 Å². The highest BCUT2D eigenvalue weighted by Gasteiger charge is 2.34. The summed E-state index contributed by atoms with van der Waals surface area (Å²) in [5.41, 5.74) is 0. The van der Waals surface area contributed by atoms with Gasteiger partial charge in [-0.05, 0) is 26.7 Å². The minimum absolute atomic E-state index is 0.138. The number of hydrogen-bond donors (Lipinski definition) is 1. The second kappa shape index (κ2) is 7.85. The van der Waals surface area contributed by atoms with Gasteiger partial charge in [0.1, 0.15) is 6.61 Å². The molecule has 0 aromatic heterocycles. The van der Waals surface area contributed by atoms with Crippen molar-refractivity contribution in [2.45, 2.75) is 71.5 Å². The van der Waals surface area contributed by atoms with Crippen molar-refractivity contribution in [3.63, 3.8) is 0 Å². The predicted octanol–water partition coefficient (Wildman–Crippen LogP) is 1.87. The molecule has 4 heteroatoms. The molecule has 0 aromatic carbocycles. The van der Waals surface area contributed by atoms with E-state index in [1.807, 2.05) is 0 Å². The fourth-order valence-corrected chi connectivity index (χ4v) is 3.47. The number of hydrogen-bond acceptors (Lipinski definition) is 3. The highest BCUT2D eigenvalue weighted by Crippen LogP contribution is 2.24. The Bertz CT molecular complexity index is 265. The number of carbonyl (C=O) groups excluding carboxylic acids is 1. The zero-order valence-electron chi connectivity index (χ0n) is 12.9. The summed E-state index contributed by atoms with van der Waals surface area (Å²) in [4.78, 5) is 16.0. The zero-order chi connectivity index (χ0) is 14.4. The lowest BCUT2D eigenvalue weighted by Gasteiger charge is -2.48. The fraction of sp³-hybridized carbons (Fsp3) is 0.933. The molecular formula is C15H30N2O2. The molecule has 0 spiro atoms. The SMILES string of the molecule is CCCC(CCC)N1[C@H](C)CN(C(=O)CO)C[C@@H]1C. The van der Waals surface area contributed by atoms with Crippen LogP contribution in [0.3, 0.4) is 0 Å². The third kappa shape index (κ3) is 4.18. The molecule has 0 aliphatic carbocycles. The van der Waals surface area contributed by atoms with Gasteiger partial charge in [0.05, 0.1) is 0 Å². The maximum Gasteiger partial charge on any atom is 0.248 e. The molecular weight excluding hydrogens is 240 g/mol. The van der Waals surface area contributed by atoms with E-state index in [9.17, 15) is 4.79 Å². The van der Waals surface area contributed by atoms with Crippen LogP contribution in [0.5, 0.6) is 0 Å². The van der Waals surface area contributed by atoms with E-state index >= 15 is 0 Å². The topological polar surface area (TPSA) is 43.8 Å². The Morgan fingerprint density at radius 1 is 1.16 bits per heavy atom. The van der Waals surface area contributed by atoms with Crippen molar-refractivity contribution >= 4 is 5.91 Å². The molecule has 0 radical (unpaired) electrons. The number of aliphatic hydroxyl groups is 1. The lowest BCUT2D eigenvalue weighted by atomic mass is 9.98. The summed E-state index contributed by atoms with van der Waals surface area (Å²) in [7, 11) is 0. The van der Waals surface area contributed by atoms with Gasteiger partial charge in [-0.25, -0.2) is 0 Å². The molecule has 1 aliphatic rings. The standard InChI is InChI=1S/C15H30N2O2/c1-5-7-14(8-6-2)17-12(3)9-16(10-13(17)4)15(19)11-18/h12-14,18H,5-11H2,1-4H3/t12-,13+. The highest BCUT2D eigenvalue weighted by atomic mass is 16.3. The Kier molecular flexibility index (Phi) is 6.80. The molecule has 0 unspecified atom stereocenters. The van der Waals surface area contributed by atoms with E-state index in [-0.39, 0.29) is 12.5 Å². The Labute approximate surface area is 117 Å². The van der Waals surface area contributed by atoms with Gasteiger partial charge in [-0.2, -0.15) is 0 Å². The van der Waals surface area contributed by atoms with Crippen LogP contribution >= 0.6 is 0 Å². The van der Waals surface area contributed by atoms with Gasteiger partial charge >= 0.3 is 0 Å². The molecule has 1 N–H and O–H groups in total. The molecule has 19 heavy (non-hydrogen) atoms. The summed E-state index contributed by atoms with van der Waals surface area (Å²) >= 11 is 0. The van der Waals surface area contributed by atoms with Gasteiger partial charge in [0.15, 0.2) is 0 Å². The van der Waals surface area contributed by atoms with Crippen LogP contribution in [-0.2, 0) is 4.79 Å². The lowest BCUT2D eigenvalue weighted by molar-refractivity contribution is -0.139. The van der Waals surface area contributed by atoms with Crippen molar-refractivity contribution in [2.75, 3.05) is 19.7 Å². The van der Waals surface area contributed by atoms with Crippen molar-refractivity contribution in [1.29, 1.82) is 0 Å². The summed E-state index contributed by atoms with van der Waals surface area (Å²) in [5, 5.41) is 9.00. The Hall–Kier alpha value is -0.610. The predicted molar refractivity (Wildman–Crippen MR) is 78.0 cm³/mol. The normalized spacial score (nSPS) is 25.1. The highest BCUT2D eigenvalue weighted by molar-refractivity contribution is 5.77. The van der Waals surface area contributed by atoms with Gasteiger partial charge in [0.2, 0.25) is 5.91 Å². The molecule has 1 rings (SSSR count).